The second-order valence-corrected chi connectivity index (χ2v) is 4.46. The van der Waals surface area contributed by atoms with Crippen molar-refractivity contribution in [2.45, 2.75) is 33.4 Å². The molecule has 0 aliphatic heterocycles. The van der Waals surface area contributed by atoms with Crippen LogP contribution >= 0.6 is 0 Å². The van der Waals surface area contributed by atoms with Gasteiger partial charge in [-0.05, 0) is 12.8 Å². The molecule has 1 N–H and O–H groups in total. The molecule has 1 aromatic heterocycles. The third kappa shape index (κ3) is 5.78. The van der Waals surface area contributed by atoms with Gasteiger partial charge in [0.05, 0.1) is 6.61 Å². The molecule has 0 saturated heterocycles. The van der Waals surface area contributed by atoms with Gasteiger partial charge in [0.1, 0.15) is 6.33 Å². The highest BCUT2D eigenvalue weighted by Gasteiger charge is 2.02. The summed E-state index contributed by atoms with van der Waals surface area (Å²) in [7, 11) is 0. The fourth-order valence-electron chi connectivity index (χ4n) is 1.25. The zero-order chi connectivity index (χ0) is 11.8. The van der Waals surface area contributed by atoms with Crippen LogP contribution in [-0.4, -0.2) is 29.2 Å². The summed E-state index contributed by atoms with van der Waals surface area (Å²) in [4.78, 5) is 7.93. The van der Waals surface area contributed by atoms with Crippen LogP contribution in [0.3, 0.4) is 0 Å². The Hall–Kier alpha value is -1.00. The fourth-order valence-corrected chi connectivity index (χ4v) is 1.25. The van der Waals surface area contributed by atoms with Crippen LogP contribution in [0.4, 0.5) is 0 Å². The van der Waals surface area contributed by atoms with Gasteiger partial charge in [-0.1, -0.05) is 13.8 Å². The van der Waals surface area contributed by atoms with E-state index in [2.05, 4.69) is 36.1 Å². The molecule has 0 spiro atoms. The van der Waals surface area contributed by atoms with Crippen molar-refractivity contribution in [2.75, 3.05) is 13.2 Å². The van der Waals surface area contributed by atoms with Crippen LogP contribution in [0.25, 0.3) is 0 Å². The molecule has 0 aliphatic rings. The summed E-state index contributed by atoms with van der Waals surface area (Å²) >= 11 is 0. The first-order valence-corrected chi connectivity index (χ1v) is 5.73. The molecule has 1 aromatic rings. The SMILES string of the molecule is CC(C)COCC(C)NCc1cncnc1. The minimum Gasteiger partial charge on any atom is -0.380 e. The van der Waals surface area contributed by atoms with Crippen molar-refractivity contribution >= 4 is 0 Å². The van der Waals surface area contributed by atoms with Crippen LogP contribution in [0.2, 0.25) is 0 Å². The molecular formula is C12H21N3O. The predicted molar refractivity (Wildman–Crippen MR) is 64.0 cm³/mol. The van der Waals surface area contributed by atoms with Gasteiger partial charge in [0, 0.05) is 37.2 Å². The number of aromatic nitrogens is 2. The number of hydrogen-bond donors (Lipinski definition) is 1. The van der Waals surface area contributed by atoms with Gasteiger partial charge < -0.3 is 10.1 Å². The van der Waals surface area contributed by atoms with E-state index in [0.29, 0.717) is 12.0 Å². The number of rotatable bonds is 7. The Bertz CT molecular complexity index is 277. The van der Waals surface area contributed by atoms with Gasteiger partial charge in [0.2, 0.25) is 0 Å². The lowest BCUT2D eigenvalue weighted by atomic mass is 10.2. The van der Waals surface area contributed by atoms with Crippen molar-refractivity contribution in [3.63, 3.8) is 0 Å². The van der Waals surface area contributed by atoms with Crippen molar-refractivity contribution in [2.24, 2.45) is 5.92 Å². The number of hydrogen-bond acceptors (Lipinski definition) is 4. The van der Waals surface area contributed by atoms with Crippen LogP contribution in [-0.2, 0) is 11.3 Å². The summed E-state index contributed by atoms with van der Waals surface area (Å²) in [6.45, 7) is 8.77. The van der Waals surface area contributed by atoms with Crippen molar-refractivity contribution in [1.82, 2.24) is 15.3 Å². The normalized spacial score (nSPS) is 13.0. The molecule has 0 radical (unpaired) electrons. The van der Waals surface area contributed by atoms with Crippen LogP contribution in [0.5, 0.6) is 0 Å². The number of nitrogens with one attached hydrogen (secondary N) is 1. The zero-order valence-electron chi connectivity index (χ0n) is 10.3. The first kappa shape index (κ1) is 13.1. The lowest BCUT2D eigenvalue weighted by Gasteiger charge is -2.14. The minimum atomic E-state index is 0.346. The van der Waals surface area contributed by atoms with Crippen molar-refractivity contribution in [3.05, 3.63) is 24.3 Å². The first-order valence-electron chi connectivity index (χ1n) is 5.73. The molecule has 16 heavy (non-hydrogen) atoms. The largest absolute Gasteiger partial charge is 0.380 e. The maximum atomic E-state index is 5.55. The Kier molecular flexibility index (Phi) is 5.96. The van der Waals surface area contributed by atoms with Crippen molar-refractivity contribution < 1.29 is 4.74 Å². The lowest BCUT2D eigenvalue weighted by Crippen LogP contribution is -2.30. The lowest BCUT2D eigenvalue weighted by molar-refractivity contribution is 0.0935. The zero-order valence-corrected chi connectivity index (χ0v) is 10.3. The minimum absolute atomic E-state index is 0.346. The van der Waals surface area contributed by atoms with Crippen LogP contribution in [0, 0.1) is 5.92 Å². The van der Waals surface area contributed by atoms with Gasteiger partial charge in [-0.25, -0.2) is 9.97 Å². The van der Waals surface area contributed by atoms with E-state index in [9.17, 15) is 0 Å². The monoisotopic (exact) mass is 223 g/mol. The maximum Gasteiger partial charge on any atom is 0.115 e. The summed E-state index contributed by atoms with van der Waals surface area (Å²) in [5.74, 6) is 0.592. The van der Waals surface area contributed by atoms with Gasteiger partial charge in [-0.2, -0.15) is 0 Å². The Morgan fingerprint density at radius 1 is 1.19 bits per heavy atom. The summed E-state index contributed by atoms with van der Waals surface area (Å²) in [5, 5.41) is 3.37. The van der Waals surface area contributed by atoms with Gasteiger partial charge in [0.25, 0.3) is 0 Å². The van der Waals surface area contributed by atoms with Crippen molar-refractivity contribution in [3.8, 4) is 0 Å². The molecule has 4 heteroatoms. The molecule has 1 heterocycles. The molecule has 1 rings (SSSR count). The molecule has 0 saturated carbocycles. The van der Waals surface area contributed by atoms with Gasteiger partial charge in [0.15, 0.2) is 0 Å². The molecule has 0 amide bonds. The number of nitrogens with zero attached hydrogens (tertiary/aromatic N) is 2. The average molecular weight is 223 g/mol. The Labute approximate surface area is 97.5 Å². The quantitative estimate of drug-likeness (QED) is 0.763. The summed E-state index contributed by atoms with van der Waals surface area (Å²) in [6, 6.07) is 0.346. The topological polar surface area (TPSA) is 47.0 Å². The molecule has 0 aromatic carbocycles. The molecular weight excluding hydrogens is 202 g/mol. The molecule has 0 fully saturated rings. The van der Waals surface area contributed by atoms with E-state index in [1.807, 2.05) is 12.4 Å². The standard InChI is InChI=1S/C12H21N3O/c1-10(2)7-16-8-11(3)15-6-12-4-13-9-14-5-12/h4-5,9-11,15H,6-8H2,1-3H3. The van der Waals surface area contributed by atoms with Gasteiger partial charge in [-0.3, -0.25) is 0 Å². The number of ether oxygens (including phenoxy) is 1. The first-order chi connectivity index (χ1) is 7.68. The van der Waals surface area contributed by atoms with Crippen LogP contribution < -0.4 is 5.32 Å². The van der Waals surface area contributed by atoms with Crippen LogP contribution in [0.15, 0.2) is 18.7 Å². The predicted octanol–water partition coefficient (Wildman–Crippen LogP) is 1.63. The van der Waals surface area contributed by atoms with E-state index in [1.165, 1.54) is 0 Å². The Morgan fingerprint density at radius 2 is 1.88 bits per heavy atom. The third-order valence-corrected chi connectivity index (χ3v) is 2.09. The average Bonchev–Trinajstić information content (AvgIpc) is 2.27. The molecule has 0 bridgehead atoms. The summed E-state index contributed by atoms with van der Waals surface area (Å²) < 4.78 is 5.55. The highest BCUT2D eigenvalue weighted by atomic mass is 16.5. The smallest absolute Gasteiger partial charge is 0.115 e. The van der Waals surface area contributed by atoms with E-state index in [-0.39, 0.29) is 0 Å². The summed E-state index contributed by atoms with van der Waals surface area (Å²) in [5.41, 5.74) is 1.10. The fraction of sp³-hybridized carbons (Fsp3) is 0.667. The van der Waals surface area contributed by atoms with E-state index in [4.69, 9.17) is 4.74 Å². The highest BCUT2D eigenvalue weighted by Crippen LogP contribution is 1.96. The van der Waals surface area contributed by atoms with Gasteiger partial charge >= 0.3 is 0 Å². The maximum absolute atomic E-state index is 5.55. The molecule has 4 nitrogen and oxygen atoms in total. The van der Waals surface area contributed by atoms with Crippen molar-refractivity contribution in [1.29, 1.82) is 0 Å². The van der Waals surface area contributed by atoms with E-state index < -0.39 is 0 Å². The Balaban J connectivity index is 2.13. The van der Waals surface area contributed by atoms with E-state index in [0.717, 1.165) is 25.3 Å². The molecule has 1 atom stereocenters. The molecule has 90 valence electrons. The van der Waals surface area contributed by atoms with E-state index >= 15 is 0 Å². The third-order valence-electron chi connectivity index (χ3n) is 2.09. The molecule has 0 aliphatic carbocycles. The summed E-state index contributed by atoms with van der Waals surface area (Å²) in [6.07, 6.45) is 5.18. The Morgan fingerprint density at radius 3 is 2.50 bits per heavy atom. The highest BCUT2D eigenvalue weighted by molar-refractivity contribution is 5.01. The van der Waals surface area contributed by atoms with E-state index in [1.54, 1.807) is 6.33 Å². The second-order valence-electron chi connectivity index (χ2n) is 4.46. The van der Waals surface area contributed by atoms with Crippen LogP contribution in [0.1, 0.15) is 26.3 Å². The molecule has 1 unspecified atom stereocenters. The second kappa shape index (κ2) is 7.30. The van der Waals surface area contributed by atoms with Gasteiger partial charge in [-0.15, -0.1) is 0 Å².